The number of furan rings is 1. The number of likely N-dealkylation sites (tertiary alicyclic amines) is 1. The van der Waals surface area contributed by atoms with Gasteiger partial charge in [0.2, 0.25) is 15.9 Å². The normalized spacial score (nSPS) is 18.4. The van der Waals surface area contributed by atoms with E-state index in [1.54, 1.807) is 23.8 Å². The Balaban J connectivity index is 1.48. The topological polar surface area (TPSA) is 79.6 Å². The zero-order valence-electron chi connectivity index (χ0n) is 13.9. The minimum atomic E-state index is -3.44. The molecule has 2 aromatic rings. The maximum atomic E-state index is 12.4. The van der Waals surface area contributed by atoms with Crippen molar-refractivity contribution < 1.29 is 17.6 Å². The average molecular weight is 383 g/mol. The van der Waals surface area contributed by atoms with E-state index in [2.05, 4.69) is 4.72 Å². The first kappa shape index (κ1) is 18.2. The summed E-state index contributed by atoms with van der Waals surface area (Å²) in [6, 6.07) is 7.00. The van der Waals surface area contributed by atoms with E-state index in [9.17, 15) is 13.2 Å². The molecule has 0 aliphatic carbocycles. The summed E-state index contributed by atoms with van der Waals surface area (Å²) in [5.41, 5.74) is 0. The second-order valence-corrected chi connectivity index (χ2v) is 9.15. The molecule has 0 radical (unpaired) electrons. The summed E-state index contributed by atoms with van der Waals surface area (Å²) < 4.78 is 32.6. The number of amides is 1. The van der Waals surface area contributed by atoms with Crippen LogP contribution in [0.3, 0.4) is 0 Å². The Morgan fingerprint density at radius 3 is 2.96 bits per heavy atom. The van der Waals surface area contributed by atoms with E-state index in [0.717, 1.165) is 25.1 Å². The van der Waals surface area contributed by atoms with Gasteiger partial charge in [-0.25, -0.2) is 13.1 Å². The van der Waals surface area contributed by atoms with Gasteiger partial charge >= 0.3 is 0 Å². The minimum absolute atomic E-state index is 0.0993. The van der Waals surface area contributed by atoms with Crippen molar-refractivity contribution in [3.05, 3.63) is 41.7 Å². The SMILES string of the molecule is O=C(CCc1ccco1)N1CCC[C@@H](CNS(=O)(=O)c2cccs2)C1. The van der Waals surface area contributed by atoms with Gasteiger partial charge in [-0.15, -0.1) is 11.3 Å². The fourth-order valence-electron chi connectivity index (χ4n) is 3.02. The molecule has 136 valence electrons. The number of hydrogen-bond donors (Lipinski definition) is 1. The molecule has 6 nitrogen and oxygen atoms in total. The highest BCUT2D eigenvalue weighted by molar-refractivity contribution is 7.91. The molecule has 0 aromatic carbocycles. The Kier molecular flexibility index (Phi) is 5.93. The van der Waals surface area contributed by atoms with Crippen molar-refractivity contribution in [3.8, 4) is 0 Å². The molecule has 1 N–H and O–H groups in total. The largest absolute Gasteiger partial charge is 0.469 e. The van der Waals surface area contributed by atoms with Gasteiger partial charge in [0, 0.05) is 32.5 Å². The molecule has 1 atom stereocenters. The summed E-state index contributed by atoms with van der Waals surface area (Å²) in [6.07, 6.45) is 4.45. The van der Waals surface area contributed by atoms with Crippen molar-refractivity contribution in [1.82, 2.24) is 9.62 Å². The van der Waals surface area contributed by atoms with Crippen molar-refractivity contribution in [2.24, 2.45) is 5.92 Å². The second-order valence-electron chi connectivity index (χ2n) is 6.21. The Hall–Kier alpha value is -1.64. The van der Waals surface area contributed by atoms with Gasteiger partial charge in [-0.1, -0.05) is 6.07 Å². The number of carbonyl (C=O) groups is 1. The first-order valence-corrected chi connectivity index (χ1v) is 10.7. The minimum Gasteiger partial charge on any atom is -0.469 e. The van der Waals surface area contributed by atoms with Crippen LogP contribution in [0.2, 0.25) is 0 Å². The smallest absolute Gasteiger partial charge is 0.250 e. The van der Waals surface area contributed by atoms with Crippen molar-refractivity contribution >= 4 is 27.3 Å². The van der Waals surface area contributed by atoms with E-state index in [1.807, 2.05) is 17.0 Å². The van der Waals surface area contributed by atoms with Crippen LogP contribution in [0.5, 0.6) is 0 Å². The molecule has 3 heterocycles. The van der Waals surface area contributed by atoms with Crippen LogP contribution in [0.1, 0.15) is 25.0 Å². The van der Waals surface area contributed by atoms with E-state index in [1.165, 1.54) is 11.3 Å². The third kappa shape index (κ3) is 4.93. The van der Waals surface area contributed by atoms with Gasteiger partial charge in [-0.05, 0) is 42.3 Å². The van der Waals surface area contributed by atoms with E-state index < -0.39 is 10.0 Å². The number of hydrogen-bond acceptors (Lipinski definition) is 5. The zero-order chi connectivity index (χ0) is 17.7. The van der Waals surface area contributed by atoms with Crippen molar-refractivity contribution in [3.63, 3.8) is 0 Å². The number of thiophene rings is 1. The number of nitrogens with one attached hydrogen (secondary N) is 1. The molecular formula is C17H22N2O4S2. The van der Waals surface area contributed by atoms with Gasteiger partial charge in [0.25, 0.3) is 0 Å². The van der Waals surface area contributed by atoms with Crippen LogP contribution in [0.25, 0.3) is 0 Å². The molecule has 2 aromatic heterocycles. The maximum Gasteiger partial charge on any atom is 0.250 e. The van der Waals surface area contributed by atoms with Crippen LogP contribution in [0, 0.1) is 5.92 Å². The van der Waals surface area contributed by atoms with Crippen molar-refractivity contribution in [1.29, 1.82) is 0 Å². The molecule has 3 rings (SSSR count). The Morgan fingerprint density at radius 1 is 1.36 bits per heavy atom. The molecule has 1 aliphatic rings. The molecular weight excluding hydrogens is 360 g/mol. The molecule has 25 heavy (non-hydrogen) atoms. The fraction of sp³-hybridized carbons (Fsp3) is 0.471. The summed E-state index contributed by atoms with van der Waals surface area (Å²) >= 11 is 1.20. The first-order valence-electron chi connectivity index (χ1n) is 8.38. The van der Waals surface area contributed by atoms with Crippen LogP contribution in [-0.2, 0) is 21.2 Å². The van der Waals surface area contributed by atoms with Gasteiger partial charge in [0.15, 0.2) is 0 Å². The van der Waals surface area contributed by atoms with Crippen molar-refractivity contribution in [2.75, 3.05) is 19.6 Å². The van der Waals surface area contributed by atoms with E-state index in [-0.39, 0.29) is 11.8 Å². The Labute approximate surface area is 151 Å². The molecule has 1 aliphatic heterocycles. The maximum absolute atomic E-state index is 12.4. The number of carbonyl (C=O) groups excluding carboxylic acids is 1. The molecule has 8 heteroatoms. The molecule has 0 spiro atoms. The lowest BCUT2D eigenvalue weighted by molar-refractivity contribution is -0.133. The Bertz CT molecular complexity index is 770. The highest BCUT2D eigenvalue weighted by Crippen LogP contribution is 2.20. The standard InChI is InChI=1S/C17H22N2O4S2/c20-16(8-7-15-5-2-10-23-15)19-9-1-4-14(13-19)12-18-25(21,22)17-6-3-11-24-17/h2-3,5-6,10-11,14,18H,1,4,7-9,12-13H2/t14-/m0/s1. The average Bonchev–Trinajstić information content (AvgIpc) is 3.32. The third-order valence-electron chi connectivity index (χ3n) is 4.36. The van der Waals surface area contributed by atoms with Gasteiger partial charge in [-0.3, -0.25) is 4.79 Å². The number of aryl methyl sites for hydroxylation is 1. The number of piperidine rings is 1. The number of sulfonamides is 1. The summed E-state index contributed by atoms with van der Waals surface area (Å²) in [6.45, 7) is 1.71. The van der Waals surface area contributed by atoms with Crippen LogP contribution in [0.4, 0.5) is 0 Å². The first-order chi connectivity index (χ1) is 12.0. The molecule has 0 bridgehead atoms. The highest BCUT2D eigenvalue weighted by atomic mass is 32.2. The quantitative estimate of drug-likeness (QED) is 0.798. The third-order valence-corrected chi connectivity index (χ3v) is 7.18. The predicted molar refractivity (Wildman–Crippen MR) is 95.8 cm³/mol. The van der Waals surface area contributed by atoms with Crippen LogP contribution >= 0.6 is 11.3 Å². The summed E-state index contributed by atoms with van der Waals surface area (Å²) in [5.74, 6) is 1.06. The molecule has 0 unspecified atom stereocenters. The van der Waals surface area contributed by atoms with Crippen molar-refractivity contribution in [2.45, 2.75) is 29.9 Å². The van der Waals surface area contributed by atoms with Crippen LogP contribution < -0.4 is 4.72 Å². The van der Waals surface area contributed by atoms with Gasteiger partial charge in [-0.2, -0.15) is 0 Å². The van der Waals surface area contributed by atoms with Crippen LogP contribution in [-0.4, -0.2) is 38.9 Å². The molecule has 1 saturated heterocycles. The van der Waals surface area contributed by atoms with Gasteiger partial charge < -0.3 is 9.32 Å². The molecule has 1 fully saturated rings. The van der Waals surface area contributed by atoms with E-state index in [4.69, 9.17) is 4.42 Å². The van der Waals surface area contributed by atoms with E-state index >= 15 is 0 Å². The summed E-state index contributed by atoms with van der Waals surface area (Å²) in [7, 11) is -3.44. The van der Waals surface area contributed by atoms with Gasteiger partial charge in [0.05, 0.1) is 6.26 Å². The lowest BCUT2D eigenvalue weighted by Crippen LogP contribution is -2.43. The lowest BCUT2D eigenvalue weighted by Gasteiger charge is -2.32. The Morgan fingerprint density at radius 2 is 2.24 bits per heavy atom. The monoisotopic (exact) mass is 382 g/mol. The zero-order valence-corrected chi connectivity index (χ0v) is 15.5. The van der Waals surface area contributed by atoms with Gasteiger partial charge in [0.1, 0.15) is 9.97 Å². The number of rotatable bonds is 7. The summed E-state index contributed by atoms with van der Waals surface area (Å²) in [5, 5.41) is 1.74. The molecule has 0 saturated carbocycles. The fourth-order valence-corrected chi connectivity index (χ4v) is 5.17. The molecule has 1 amide bonds. The predicted octanol–water partition coefficient (Wildman–Crippen LogP) is 2.49. The van der Waals surface area contributed by atoms with Crippen LogP contribution in [0.15, 0.2) is 44.5 Å². The lowest BCUT2D eigenvalue weighted by atomic mass is 9.98. The highest BCUT2D eigenvalue weighted by Gasteiger charge is 2.25. The number of nitrogens with zero attached hydrogens (tertiary/aromatic N) is 1. The second kappa shape index (κ2) is 8.16. The van der Waals surface area contributed by atoms with E-state index in [0.29, 0.717) is 30.1 Å². The summed E-state index contributed by atoms with van der Waals surface area (Å²) in [4.78, 5) is 14.2.